The second-order valence-corrected chi connectivity index (χ2v) is 4.94. The Bertz CT molecular complexity index is 393. The van der Waals surface area contributed by atoms with Crippen LogP contribution in [-0.2, 0) is 6.42 Å². The highest BCUT2D eigenvalue weighted by atomic mass is 16.7. The third kappa shape index (κ3) is 3.62. The van der Waals surface area contributed by atoms with Crippen molar-refractivity contribution in [3.05, 3.63) is 23.8 Å². The molecule has 2 rings (SSSR count). The van der Waals surface area contributed by atoms with Gasteiger partial charge in [0.1, 0.15) is 0 Å². The van der Waals surface area contributed by atoms with Crippen LogP contribution in [0.5, 0.6) is 11.5 Å². The van der Waals surface area contributed by atoms with Gasteiger partial charge in [0.2, 0.25) is 6.79 Å². The number of rotatable bonds is 6. The zero-order chi connectivity index (χ0) is 13.0. The lowest BCUT2D eigenvalue weighted by Crippen LogP contribution is -2.32. The second kappa shape index (κ2) is 6.07. The van der Waals surface area contributed by atoms with Gasteiger partial charge in [0.25, 0.3) is 0 Å². The van der Waals surface area contributed by atoms with E-state index in [2.05, 4.69) is 19.2 Å². The summed E-state index contributed by atoms with van der Waals surface area (Å²) in [6, 6.07) is 6.35. The first-order valence-corrected chi connectivity index (χ1v) is 6.45. The number of ether oxygens (including phenoxy) is 2. The van der Waals surface area contributed by atoms with Crippen molar-refractivity contribution in [2.24, 2.45) is 0 Å². The Hall–Kier alpha value is -1.26. The molecule has 1 unspecified atom stereocenters. The SMILES string of the molecule is CC(C)NCC(O)CCc1ccc2c(c1)OCO2. The lowest BCUT2D eigenvalue weighted by atomic mass is 10.1. The molecule has 1 aromatic rings. The summed E-state index contributed by atoms with van der Waals surface area (Å²) in [6.45, 7) is 5.09. The minimum atomic E-state index is -0.308. The van der Waals surface area contributed by atoms with E-state index in [1.807, 2.05) is 18.2 Å². The third-order valence-corrected chi connectivity index (χ3v) is 2.96. The molecule has 100 valence electrons. The Kier molecular flexibility index (Phi) is 4.44. The molecule has 1 aliphatic rings. The number of nitrogens with one attached hydrogen (secondary N) is 1. The van der Waals surface area contributed by atoms with Gasteiger partial charge in [-0.1, -0.05) is 19.9 Å². The van der Waals surface area contributed by atoms with Crippen molar-refractivity contribution in [2.45, 2.75) is 38.8 Å². The average Bonchev–Trinajstić information content (AvgIpc) is 2.81. The van der Waals surface area contributed by atoms with Crippen molar-refractivity contribution in [1.29, 1.82) is 0 Å². The van der Waals surface area contributed by atoms with Crippen LogP contribution in [0.3, 0.4) is 0 Å². The molecule has 1 heterocycles. The summed E-state index contributed by atoms with van der Waals surface area (Å²) < 4.78 is 10.6. The van der Waals surface area contributed by atoms with E-state index >= 15 is 0 Å². The maximum Gasteiger partial charge on any atom is 0.231 e. The highest BCUT2D eigenvalue weighted by Crippen LogP contribution is 2.32. The Morgan fingerprint density at radius 1 is 1.28 bits per heavy atom. The minimum absolute atomic E-state index is 0.305. The number of fused-ring (bicyclic) bond motifs is 1. The number of benzene rings is 1. The molecule has 0 bridgehead atoms. The standard InChI is InChI=1S/C14H21NO3/c1-10(2)15-8-12(16)5-3-11-4-6-13-14(7-11)18-9-17-13/h4,6-7,10,12,15-16H,3,5,8-9H2,1-2H3. The molecular weight excluding hydrogens is 230 g/mol. The largest absolute Gasteiger partial charge is 0.454 e. The van der Waals surface area contributed by atoms with Gasteiger partial charge >= 0.3 is 0 Å². The maximum atomic E-state index is 9.83. The van der Waals surface area contributed by atoms with Gasteiger partial charge in [-0.15, -0.1) is 0 Å². The molecular formula is C14H21NO3. The number of aliphatic hydroxyl groups excluding tert-OH is 1. The average molecular weight is 251 g/mol. The van der Waals surface area contributed by atoms with E-state index in [4.69, 9.17) is 9.47 Å². The first-order valence-electron chi connectivity index (χ1n) is 6.45. The van der Waals surface area contributed by atoms with Gasteiger partial charge in [0.05, 0.1) is 6.10 Å². The zero-order valence-electron chi connectivity index (χ0n) is 11.0. The number of aryl methyl sites for hydroxylation is 1. The van der Waals surface area contributed by atoms with Crippen LogP contribution >= 0.6 is 0 Å². The van der Waals surface area contributed by atoms with Crippen LogP contribution in [0.25, 0.3) is 0 Å². The van der Waals surface area contributed by atoms with E-state index in [0.717, 1.165) is 24.3 Å². The number of hydrogen-bond donors (Lipinski definition) is 2. The second-order valence-electron chi connectivity index (χ2n) is 4.94. The van der Waals surface area contributed by atoms with Crippen LogP contribution in [0.4, 0.5) is 0 Å². The Balaban J connectivity index is 1.79. The van der Waals surface area contributed by atoms with Gasteiger partial charge in [0.15, 0.2) is 11.5 Å². The first-order chi connectivity index (χ1) is 8.65. The minimum Gasteiger partial charge on any atom is -0.454 e. The third-order valence-electron chi connectivity index (χ3n) is 2.96. The molecule has 4 heteroatoms. The molecule has 0 fully saturated rings. The summed E-state index contributed by atoms with van der Waals surface area (Å²) >= 11 is 0. The topological polar surface area (TPSA) is 50.7 Å². The fraction of sp³-hybridized carbons (Fsp3) is 0.571. The Morgan fingerprint density at radius 3 is 2.83 bits per heavy atom. The van der Waals surface area contributed by atoms with E-state index in [-0.39, 0.29) is 6.10 Å². The molecule has 1 atom stereocenters. The Labute approximate surface area is 108 Å². The van der Waals surface area contributed by atoms with Gasteiger partial charge in [-0.05, 0) is 30.5 Å². The summed E-state index contributed by atoms with van der Waals surface area (Å²) in [6.07, 6.45) is 1.29. The fourth-order valence-electron chi connectivity index (χ4n) is 1.90. The van der Waals surface area contributed by atoms with Crippen LogP contribution in [0.15, 0.2) is 18.2 Å². The van der Waals surface area contributed by atoms with E-state index in [0.29, 0.717) is 19.4 Å². The van der Waals surface area contributed by atoms with Crippen molar-refractivity contribution in [1.82, 2.24) is 5.32 Å². The molecule has 1 aliphatic heterocycles. The van der Waals surface area contributed by atoms with Crippen molar-refractivity contribution >= 4 is 0 Å². The molecule has 0 radical (unpaired) electrons. The molecule has 0 saturated carbocycles. The van der Waals surface area contributed by atoms with E-state index in [1.54, 1.807) is 0 Å². The normalized spacial score (nSPS) is 15.1. The molecule has 0 aromatic heterocycles. The molecule has 0 spiro atoms. The lowest BCUT2D eigenvalue weighted by Gasteiger charge is -2.14. The molecule has 0 saturated heterocycles. The fourth-order valence-corrected chi connectivity index (χ4v) is 1.90. The van der Waals surface area contributed by atoms with Crippen molar-refractivity contribution < 1.29 is 14.6 Å². The van der Waals surface area contributed by atoms with Crippen LogP contribution in [0.1, 0.15) is 25.8 Å². The summed E-state index contributed by atoms with van der Waals surface area (Å²) in [5, 5.41) is 13.1. The molecule has 18 heavy (non-hydrogen) atoms. The van der Waals surface area contributed by atoms with E-state index in [1.165, 1.54) is 5.56 Å². The number of hydrogen-bond acceptors (Lipinski definition) is 4. The number of aliphatic hydroxyl groups is 1. The Morgan fingerprint density at radius 2 is 2.06 bits per heavy atom. The van der Waals surface area contributed by atoms with Gasteiger partial charge in [-0.3, -0.25) is 0 Å². The van der Waals surface area contributed by atoms with Crippen LogP contribution in [-0.4, -0.2) is 30.6 Å². The van der Waals surface area contributed by atoms with Crippen LogP contribution in [0, 0.1) is 0 Å². The van der Waals surface area contributed by atoms with Crippen molar-refractivity contribution in [2.75, 3.05) is 13.3 Å². The lowest BCUT2D eigenvalue weighted by molar-refractivity contribution is 0.159. The van der Waals surface area contributed by atoms with Gasteiger partial charge in [0, 0.05) is 12.6 Å². The highest BCUT2D eigenvalue weighted by molar-refractivity contribution is 5.44. The highest BCUT2D eigenvalue weighted by Gasteiger charge is 2.13. The van der Waals surface area contributed by atoms with E-state index in [9.17, 15) is 5.11 Å². The van der Waals surface area contributed by atoms with Gasteiger partial charge in [-0.25, -0.2) is 0 Å². The first kappa shape index (κ1) is 13.2. The van der Waals surface area contributed by atoms with Crippen LogP contribution < -0.4 is 14.8 Å². The molecule has 1 aromatic carbocycles. The molecule has 0 amide bonds. The predicted molar refractivity (Wildman–Crippen MR) is 70.0 cm³/mol. The monoisotopic (exact) mass is 251 g/mol. The quantitative estimate of drug-likeness (QED) is 0.808. The van der Waals surface area contributed by atoms with Gasteiger partial charge < -0.3 is 19.9 Å². The smallest absolute Gasteiger partial charge is 0.231 e. The summed E-state index contributed by atoms with van der Waals surface area (Å²) in [5.74, 6) is 1.61. The summed E-state index contributed by atoms with van der Waals surface area (Å²) in [7, 11) is 0. The van der Waals surface area contributed by atoms with Crippen LogP contribution in [0.2, 0.25) is 0 Å². The molecule has 4 nitrogen and oxygen atoms in total. The summed E-state index contributed by atoms with van der Waals surface area (Å²) in [5.41, 5.74) is 1.17. The molecule has 2 N–H and O–H groups in total. The zero-order valence-corrected chi connectivity index (χ0v) is 11.0. The predicted octanol–water partition coefficient (Wildman–Crippen LogP) is 1.71. The molecule has 0 aliphatic carbocycles. The maximum absolute atomic E-state index is 9.83. The van der Waals surface area contributed by atoms with Gasteiger partial charge in [-0.2, -0.15) is 0 Å². The van der Waals surface area contributed by atoms with Crippen molar-refractivity contribution in [3.63, 3.8) is 0 Å². The van der Waals surface area contributed by atoms with Crippen molar-refractivity contribution in [3.8, 4) is 11.5 Å². The summed E-state index contributed by atoms with van der Waals surface area (Å²) in [4.78, 5) is 0. The van der Waals surface area contributed by atoms with E-state index < -0.39 is 0 Å².